The summed E-state index contributed by atoms with van der Waals surface area (Å²) in [4.78, 5) is 0. The lowest BCUT2D eigenvalue weighted by molar-refractivity contribution is 0.310. The van der Waals surface area contributed by atoms with Crippen molar-refractivity contribution in [3.8, 4) is 5.75 Å². The van der Waals surface area contributed by atoms with E-state index in [0.29, 0.717) is 0 Å². The van der Waals surface area contributed by atoms with E-state index in [2.05, 4.69) is 38.1 Å². The highest BCUT2D eigenvalue weighted by Gasteiger charge is 1.98. The molecule has 2 heteroatoms. The fraction of sp³-hybridized carbons (Fsp3) is 0.294. The Bertz CT molecular complexity index is 528. The van der Waals surface area contributed by atoms with Gasteiger partial charge in [0.15, 0.2) is 0 Å². The normalized spacial score (nSPS) is 10.4. The standard InChI is InChI=1S/C17H21NO/c1-13-9-14(2)11-17(10-13)19-8-4-6-15-5-3-7-16(18)12-15/h3,5,7,9-12H,4,6,8,18H2,1-2H3. The number of benzene rings is 2. The maximum Gasteiger partial charge on any atom is 0.119 e. The third-order valence-corrected chi connectivity index (χ3v) is 3.02. The molecule has 0 amide bonds. The molecule has 0 atom stereocenters. The minimum atomic E-state index is 0.734. The summed E-state index contributed by atoms with van der Waals surface area (Å²) in [5, 5.41) is 0. The van der Waals surface area contributed by atoms with Crippen molar-refractivity contribution in [1.82, 2.24) is 0 Å². The zero-order chi connectivity index (χ0) is 13.7. The molecule has 100 valence electrons. The molecule has 2 nitrogen and oxygen atoms in total. The largest absolute Gasteiger partial charge is 0.494 e. The van der Waals surface area contributed by atoms with Crippen molar-refractivity contribution in [2.24, 2.45) is 0 Å². The van der Waals surface area contributed by atoms with Gasteiger partial charge in [-0.15, -0.1) is 0 Å². The Morgan fingerprint density at radius 3 is 2.42 bits per heavy atom. The molecule has 0 saturated heterocycles. The average Bonchev–Trinajstić information content (AvgIpc) is 2.34. The van der Waals surface area contributed by atoms with Gasteiger partial charge in [0.25, 0.3) is 0 Å². The van der Waals surface area contributed by atoms with Crippen molar-refractivity contribution in [1.29, 1.82) is 0 Å². The van der Waals surface area contributed by atoms with Gasteiger partial charge in [0, 0.05) is 5.69 Å². The second-order valence-corrected chi connectivity index (χ2v) is 5.02. The number of nitrogens with two attached hydrogens (primary N) is 1. The minimum Gasteiger partial charge on any atom is -0.494 e. The number of ether oxygens (including phenoxy) is 1. The molecule has 0 aliphatic heterocycles. The van der Waals surface area contributed by atoms with Crippen LogP contribution in [-0.4, -0.2) is 6.61 Å². The molecule has 0 spiro atoms. The SMILES string of the molecule is Cc1cc(C)cc(OCCCc2cccc(N)c2)c1. The van der Waals surface area contributed by atoms with Crippen LogP contribution in [0.2, 0.25) is 0 Å². The molecular weight excluding hydrogens is 234 g/mol. The summed E-state index contributed by atoms with van der Waals surface area (Å²) in [6.07, 6.45) is 1.99. The lowest BCUT2D eigenvalue weighted by Crippen LogP contribution is -2.00. The van der Waals surface area contributed by atoms with E-state index in [1.807, 2.05) is 18.2 Å². The van der Waals surface area contributed by atoms with Crippen LogP contribution in [0.15, 0.2) is 42.5 Å². The first-order valence-corrected chi connectivity index (χ1v) is 6.69. The van der Waals surface area contributed by atoms with Crippen LogP contribution >= 0.6 is 0 Å². The maximum atomic E-state index is 5.79. The number of anilines is 1. The van der Waals surface area contributed by atoms with Gasteiger partial charge in [-0.3, -0.25) is 0 Å². The summed E-state index contributed by atoms with van der Waals surface area (Å²) in [6.45, 7) is 4.91. The molecule has 19 heavy (non-hydrogen) atoms. The molecule has 0 aliphatic carbocycles. The van der Waals surface area contributed by atoms with E-state index in [-0.39, 0.29) is 0 Å². The summed E-state index contributed by atoms with van der Waals surface area (Å²) < 4.78 is 5.79. The molecule has 0 saturated carbocycles. The quantitative estimate of drug-likeness (QED) is 0.649. The highest BCUT2D eigenvalue weighted by molar-refractivity contribution is 5.40. The Hall–Kier alpha value is -1.96. The van der Waals surface area contributed by atoms with Crippen LogP contribution in [0.4, 0.5) is 5.69 Å². The summed E-state index contributed by atoms with van der Waals surface area (Å²) in [6, 6.07) is 14.3. The van der Waals surface area contributed by atoms with Crippen LogP contribution < -0.4 is 10.5 Å². The number of aryl methyl sites for hydroxylation is 3. The van der Waals surface area contributed by atoms with Crippen LogP contribution in [0.25, 0.3) is 0 Å². The molecule has 2 N–H and O–H groups in total. The van der Waals surface area contributed by atoms with E-state index in [9.17, 15) is 0 Å². The van der Waals surface area contributed by atoms with Crippen molar-refractivity contribution in [2.45, 2.75) is 26.7 Å². The van der Waals surface area contributed by atoms with E-state index in [1.165, 1.54) is 16.7 Å². The first-order chi connectivity index (χ1) is 9.13. The van der Waals surface area contributed by atoms with Crippen molar-refractivity contribution >= 4 is 5.69 Å². The second-order valence-electron chi connectivity index (χ2n) is 5.02. The van der Waals surface area contributed by atoms with Gasteiger partial charge in [0.2, 0.25) is 0 Å². The van der Waals surface area contributed by atoms with Crippen LogP contribution in [0, 0.1) is 13.8 Å². The van der Waals surface area contributed by atoms with E-state index < -0.39 is 0 Å². The van der Waals surface area contributed by atoms with Crippen LogP contribution in [0.3, 0.4) is 0 Å². The molecular formula is C17H21NO. The molecule has 0 aromatic heterocycles. The zero-order valence-corrected chi connectivity index (χ0v) is 11.6. The molecule has 0 heterocycles. The molecule has 2 aromatic rings. The number of nitrogen functional groups attached to an aromatic ring is 1. The molecule has 2 aromatic carbocycles. The highest BCUT2D eigenvalue weighted by Crippen LogP contribution is 2.16. The van der Waals surface area contributed by atoms with E-state index in [4.69, 9.17) is 10.5 Å². The lowest BCUT2D eigenvalue weighted by atomic mass is 10.1. The topological polar surface area (TPSA) is 35.2 Å². The maximum absolute atomic E-state index is 5.79. The number of hydrogen-bond donors (Lipinski definition) is 1. The smallest absolute Gasteiger partial charge is 0.119 e. The third-order valence-electron chi connectivity index (χ3n) is 3.02. The second kappa shape index (κ2) is 6.28. The molecule has 0 radical (unpaired) electrons. The first-order valence-electron chi connectivity index (χ1n) is 6.69. The fourth-order valence-electron chi connectivity index (χ4n) is 2.23. The zero-order valence-electron chi connectivity index (χ0n) is 11.6. The summed E-state index contributed by atoms with van der Waals surface area (Å²) >= 11 is 0. The molecule has 2 rings (SSSR count). The van der Waals surface area contributed by atoms with Gasteiger partial charge in [-0.1, -0.05) is 18.2 Å². The molecule has 0 aliphatic rings. The predicted octanol–water partition coefficient (Wildman–Crippen LogP) is 3.90. The average molecular weight is 255 g/mol. The highest BCUT2D eigenvalue weighted by atomic mass is 16.5. The Kier molecular flexibility index (Phi) is 4.45. The number of hydrogen-bond acceptors (Lipinski definition) is 2. The number of rotatable bonds is 5. The Morgan fingerprint density at radius 2 is 1.74 bits per heavy atom. The van der Waals surface area contributed by atoms with Crippen LogP contribution in [-0.2, 0) is 6.42 Å². The van der Waals surface area contributed by atoms with E-state index in [1.54, 1.807) is 0 Å². The third kappa shape index (κ3) is 4.32. The fourth-order valence-corrected chi connectivity index (χ4v) is 2.23. The predicted molar refractivity (Wildman–Crippen MR) is 80.6 cm³/mol. The lowest BCUT2D eigenvalue weighted by Gasteiger charge is -2.08. The van der Waals surface area contributed by atoms with Gasteiger partial charge in [-0.25, -0.2) is 0 Å². The van der Waals surface area contributed by atoms with E-state index in [0.717, 1.165) is 30.9 Å². The van der Waals surface area contributed by atoms with Gasteiger partial charge in [0.05, 0.1) is 6.61 Å². The van der Waals surface area contributed by atoms with Crippen LogP contribution in [0.1, 0.15) is 23.1 Å². The van der Waals surface area contributed by atoms with Gasteiger partial charge >= 0.3 is 0 Å². The minimum absolute atomic E-state index is 0.734. The van der Waals surface area contributed by atoms with Crippen molar-refractivity contribution in [3.05, 3.63) is 59.2 Å². The summed E-state index contributed by atoms with van der Waals surface area (Å²) in [5.74, 6) is 0.963. The van der Waals surface area contributed by atoms with Gasteiger partial charge in [-0.2, -0.15) is 0 Å². The van der Waals surface area contributed by atoms with Gasteiger partial charge in [0.1, 0.15) is 5.75 Å². The summed E-state index contributed by atoms with van der Waals surface area (Å²) in [7, 11) is 0. The molecule has 0 bridgehead atoms. The van der Waals surface area contributed by atoms with Gasteiger partial charge < -0.3 is 10.5 Å². The Balaban J connectivity index is 1.80. The Morgan fingerprint density at radius 1 is 1.00 bits per heavy atom. The van der Waals surface area contributed by atoms with E-state index >= 15 is 0 Å². The Labute approximate surface area is 115 Å². The van der Waals surface area contributed by atoms with Crippen molar-refractivity contribution in [2.75, 3.05) is 12.3 Å². The van der Waals surface area contributed by atoms with Crippen molar-refractivity contribution < 1.29 is 4.74 Å². The van der Waals surface area contributed by atoms with Crippen LogP contribution in [0.5, 0.6) is 5.75 Å². The molecule has 0 unspecified atom stereocenters. The van der Waals surface area contributed by atoms with Crippen molar-refractivity contribution in [3.63, 3.8) is 0 Å². The summed E-state index contributed by atoms with van der Waals surface area (Å²) in [5.41, 5.74) is 10.3. The van der Waals surface area contributed by atoms with Gasteiger partial charge in [-0.05, 0) is 67.6 Å². The molecule has 0 fully saturated rings. The first kappa shape index (κ1) is 13.5. The monoisotopic (exact) mass is 255 g/mol.